The molecule has 1 saturated carbocycles. The van der Waals surface area contributed by atoms with Gasteiger partial charge in [-0.1, -0.05) is 6.42 Å². The summed E-state index contributed by atoms with van der Waals surface area (Å²) < 4.78 is 5.00. The molecule has 6 nitrogen and oxygen atoms in total. The van der Waals surface area contributed by atoms with Crippen LogP contribution in [-0.2, 0) is 9.53 Å². The zero-order valence-electron chi connectivity index (χ0n) is 11.6. The summed E-state index contributed by atoms with van der Waals surface area (Å²) in [6, 6.07) is 0.347. The first-order valence-corrected chi connectivity index (χ1v) is 6.90. The average molecular weight is 272 g/mol. The van der Waals surface area contributed by atoms with Gasteiger partial charge in [0, 0.05) is 32.7 Å². The first kappa shape index (κ1) is 15.8. The van der Waals surface area contributed by atoms with Gasteiger partial charge in [-0.05, 0) is 25.7 Å². The number of hydrogen-bond donors (Lipinski definition) is 2. The maximum absolute atomic E-state index is 11.9. The first-order valence-electron chi connectivity index (χ1n) is 6.90. The van der Waals surface area contributed by atoms with Crippen LogP contribution in [0.25, 0.3) is 0 Å². The lowest BCUT2D eigenvalue weighted by atomic mass is 10.2. The number of nitrogens with zero attached hydrogens (tertiary/aromatic N) is 1. The second-order valence-corrected chi connectivity index (χ2v) is 4.85. The summed E-state index contributed by atoms with van der Waals surface area (Å²) in [5, 5.41) is 11.4. The first-order chi connectivity index (χ1) is 9.15. The van der Waals surface area contributed by atoms with Crippen LogP contribution in [-0.4, -0.2) is 54.9 Å². The van der Waals surface area contributed by atoms with E-state index in [0.717, 1.165) is 25.7 Å². The van der Waals surface area contributed by atoms with Crippen molar-refractivity contribution in [2.75, 3.05) is 26.8 Å². The van der Waals surface area contributed by atoms with Gasteiger partial charge in [0.05, 0.1) is 6.61 Å². The molecule has 2 amide bonds. The van der Waals surface area contributed by atoms with Crippen LogP contribution in [0.4, 0.5) is 4.79 Å². The predicted molar refractivity (Wildman–Crippen MR) is 71.1 cm³/mol. The Morgan fingerprint density at radius 1 is 1.32 bits per heavy atom. The summed E-state index contributed by atoms with van der Waals surface area (Å²) in [7, 11) is 1.63. The number of nitrogens with one attached hydrogen (secondary N) is 1. The van der Waals surface area contributed by atoms with Gasteiger partial charge in [0.1, 0.15) is 0 Å². The molecule has 1 aliphatic rings. The minimum Gasteiger partial charge on any atom is -0.481 e. The summed E-state index contributed by atoms with van der Waals surface area (Å²) in [4.78, 5) is 24.1. The molecule has 1 fully saturated rings. The van der Waals surface area contributed by atoms with Crippen molar-refractivity contribution < 1.29 is 19.4 Å². The number of carbonyl (C=O) groups excluding carboxylic acids is 1. The van der Waals surface area contributed by atoms with E-state index < -0.39 is 5.97 Å². The van der Waals surface area contributed by atoms with Crippen LogP contribution in [0.5, 0.6) is 0 Å². The van der Waals surface area contributed by atoms with Crippen LogP contribution < -0.4 is 5.32 Å². The van der Waals surface area contributed by atoms with E-state index in [-0.39, 0.29) is 12.5 Å². The Kier molecular flexibility index (Phi) is 7.25. The van der Waals surface area contributed by atoms with Crippen molar-refractivity contribution >= 4 is 12.0 Å². The monoisotopic (exact) mass is 272 g/mol. The highest BCUT2D eigenvalue weighted by molar-refractivity contribution is 5.74. The highest BCUT2D eigenvalue weighted by Gasteiger charge is 2.31. The van der Waals surface area contributed by atoms with Gasteiger partial charge < -0.3 is 20.1 Å². The molecule has 19 heavy (non-hydrogen) atoms. The zero-order valence-corrected chi connectivity index (χ0v) is 11.6. The molecule has 0 aromatic heterocycles. The van der Waals surface area contributed by atoms with E-state index in [9.17, 15) is 9.59 Å². The number of carboxylic acid groups (broad SMARTS) is 1. The third-order valence-electron chi connectivity index (χ3n) is 3.13. The number of carbonyl (C=O) groups is 2. The molecular weight excluding hydrogens is 248 g/mol. The third-order valence-corrected chi connectivity index (χ3v) is 3.13. The normalized spacial score (nSPS) is 14.2. The molecule has 0 aromatic rings. The lowest BCUT2D eigenvalue weighted by molar-refractivity contribution is -0.137. The summed E-state index contributed by atoms with van der Waals surface area (Å²) in [5.74, 6) is -0.761. The lowest BCUT2D eigenvalue weighted by Gasteiger charge is -2.22. The largest absolute Gasteiger partial charge is 0.481 e. The number of methoxy groups -OCH3 is 1. The molecule has 110 valence electrons. The minimum absolute atomic E-state index is 0.0298. The Morgan fingerprint density at radius 3 is 2.63 bits per heavy atom. The van der Waals surface area contributed by atoms with Crippen molar-refractivity contribution in [3.05, 3.63) is 0 Å². The van der Waals surface area contributed by atoms with Crippen LogP contribution >= 0.6 is 0 Å². The quantitative estimate of drug-likeness (QED) is 0.590. The summed E-state index contributed by atoms with van der Waals surface area (Å²) in [6.45, 7) is 1.79. The summed E-state index contributed by atoms with van der Waals surface area (Å²) in [6.07, 6.45) is 4.68. The number of hydrogen-bond acceptors (Lipinski definition) is 3. The van der Waals surface area contributed by atoms with Crippen LogP contribution in [0.15, 0.2) is 0 Å². The standard InChI is InChI=1S/C13H24N2O4/c1-19-10-9-15(11-6-7-11)13(18)14-8-4-2-3-5-12(16)17/h11H,2-10H2,1H3,(H,14,18)(H,16,17). The third kappa shape index (κ3) is 7.00. The van der Waals surface area contributed by atoms with Gasteiger partial charge in [0.25, 0.3) is 0 Å². The molecule has 2 N–H and O–H groups in total. The zero-order chi connectivity index (χ0) is 14.1. The lowest BCUT2D eigenvalue weighted by Crippen LogP contribution is -2.43. The number of unbranched alkanes of at least 4 members (excludes halogenated alkanes) is 2. The van der Waals surface area contributed by atoms with E-state index in [2.05, 4.69) is 5.32 Å². The maximum Gasteiger partial charge on any atom is 0.317 e. The summed E-state index contributed by atoms with van der Waals surface area (Å²) in [5.41, 5.74) is 0. The summed E-state index contributed by atoms with van der Waals surface area (Å²) >= 11 is 0. The fourth-order valence-corrected chi connectivity index (χ4v) is 1.90. The minimum atomic E-state index is -0.761. The number of carboxylic acids is 1. The molecule has 0 atom stereocenters. The molecular formula is C13H24N2O4. The SMILES string of the molecule is COCCN(C(=O)NCCCCCC(=O)O)C1CC1. The molecule has 0 aliphatic heterocycles. The molecule has 0 unspecified atom stereocenters. The smallest absolute Gasteiger partial charge is 0.317 e. The fraction of sp³-hybridized carbons (Fsp3) is 0.846. The van der Waals surface area contributed by atoms with E-state index in [1.54, 1.807) is 7.11 Å². The number of urea groups is 1. The van der Waals surface area contributed by atoms with E-state index in [1.165, 1.54) is 0 Å². The number of rotatable bonds is 10. The highest BCUT2D eigenvalue weighted by atomic mass is 16.5. The number of aliphatic carboxylic acids is 1. The van der Waals surface area contributed by atoms with Gasteiger partial charge in [-0.15, -0.1) is 0 Å². The molecule has 1 rings (SSSR count). The van der Waals surface area contributed by atoms with Crippen molar-refractivity contribution in [2.24, 2.45) is 0 Å². The Balaban J connectivity index is 2.09. The van der Waals surface area contributed by atoms with Crippen LogP contribution in [0.3, 0.4) is 0 Å². The van der Waals surface area contributed by atoms with Crippen LogP contribution in [0.1, 0.15) is 38.5 Å². The average Bonchev–Trinajstić information content (AvgIpc) is 3.18. The number of amides is 2. The van der Waals surface area contributed by atoms with E-state index >= 15 is 0 Å². The Bertz CT molecular complexity index is 292. The van der Waals surface area contributed by atoms with Crippen molar-refractivity contribution in [1.29, 1.82) is 0 Å². The van der Waals surface area contributed by atoms with Crippen molar-refractivity contribution in [3.8, 4) is 0 Å². The van der Waals surface area contributed by atoms with Gasteiger partial charge in [-0.25, -0.2) is 4.79 Å². The van der Waals surface area contributed by atoms with E-state index in [0.29, 0.717) is 32.2 Å². The van der Waals surface area contributed by atoms with E-state index in [4.69, 9.17) is 9.84 Å². The van der Waals surface area contributed by atoms with Crippen LogP contribution in [0.2, 0.25) is 0 Å². The molecule has 0 heterocycles. The van der Waals surface area contributed by atoms with E-state index in [1.807, 2.05) is 4.90 Å². The molecule has 1 aliphatic carbocycles. The maximum atomic E-state index is 11.9. The molecule has 0 aromatic carbocycles. The van der Waals surface area contributed by atoms with Crippen molar-refractivity contribution in [2.45, 2.75) is 44.6 Å². The Morgan fingerprint density at radius 2 is 2.05 bits per heavy atom. The Labute approximate surface area is 114 Å². The van der Waals surface area contributed by atoms with Crippen LogP contribution in [0, 0.1) is 0 Å². The second kappa shape index (κ2) is 8.74. The second-order valence-electron chi connectivity index (χ2n) is 4.85. The van der Waals surface area contributed by atoms with Gasteiger partial charge in [0.2, 0.25) is 0 Å². The fourth-order valence-electron chi connectivity index (χ4n) is 1.90. The van der Waals surface area contributed by atoms with Gasteiger partial charge in [-0.2, -0.15) is 0 Å². The molecule has 0 bridgehead atoms. The molecule has 0 radical (unpaired) electrons. The van der Waals surface area contributed by atoms with Crippen molar-refractivity contribution in [1.82, 2.24) is 10.2 Å². The molecule has 0 saturated heterocycles. The van der Waals surface area contributed by atoms with Crippen molar-refractivity contribution in [3.63, 3.8) is 0 Å². The molecule has 6 heteroatoms. The topological polar surface area (TPSA) is 78.9 Å². The highest BCUT2D eigenvalue weighted by Crippen LogP contribution is 2.26. The van der Waals surface area contributed by atoms with Gasteiger partial charge in [-0.3, -0.25) is 4.79 Å². The van der Waals surface area contributed by atoms with Gasteiger partial charge in [0.15, 0.2) is 0 Å². The van der Waals surface area contributed by atoms with Gasteiger partial charge >= 0.3 is 12.0 Å². The number of ether oxygens (including phenoxy) is 1. The predicted octanol–water partition coefficient (Wildman–Crippen LogP) is 1.45. The Hall–Kier alpha value is -1.30. The molecule has 0 spiro atoms.